The molecule has 1 N–H and O–H groups in total. The minimum atomic E-state index is -0.227. The molecule has 0 saturated carbocycles. The maximum absolute atomic E-state index is 12.1. The fourth-order valence-corrected chi connectivity index (χ4v) is 1.86. The van der Waals surface area contributed by atoms with Gasteiger partial charge < -0.3 is 5.32 Å². The highest BCUT2D eigenvalue weighted by Gasteiger charge is 2.17. The van der Waals surface area contributed by atoms with Gasteiger partial charge in [0.2, 0.25) is 0 Å². The predicted octanol–water partition coefficient (Wildman–Crippen LogP) is 1.84. The maximum Gasteiger partial charge on any atom is 0.260 e. The average Bonchev–Trinajstić information content (AvgIpc) is 2.56. The fourth-order valence-electron chi connectivity index (χ4n) is 1.66. The summed E-state index contributed by atoms with van der Waals surface area (Å²) in [6.07, 6.45) is 3.02. The van der Waals surface area contributed by atoms with Crippen LogP contribution >= 0.6 is 15.9 Å². The van der Waals surface area contributed by atoms with E-state index in [1.807, 2.05) is 6.92 Å². The molecule has 94 valence electrons. The summed E-state index contributed by atoms with van der Waals surface area (Å²) < 4.78 is 2.30. The first-order chi connectivity index (χ1) is 8.49. The molecule has 0 saturated heterocycles. The van der Waals surface area contributed by atoms with Crippen molar-refractivity contribution in [2.24, 2.45) is 7.05 Å². The highest BCUT2D eigenvalue weighted by atomic mass is 79.9. The summed E-state index contributed by atoms with van der Waals surface area (Å²) >= 11 is 3.18. The van der Waals surface area contributed by atoms with E-state index >= 15 is 0 Å². The van der Waals surface area contributed by atoms with Gasteiger partial charge in [-0.3, -0.25) is 9.48 Å². The predicted molar refractivity (Wildman–Crippen MR) is 70.4 cm³/mol. The normalized spacial score (nSPS) is 10.4. The summed E-state index contributed by atoms with van der Waals surface area (Å²) in [5.74, 6) is 0.181. The molecule has 0 fully saturated rings. The number of hydrogen-bond acceptors (Lipinski definition) is 4. The molecule has 2 aromatic heterocycles. The third kappa shape index (κ3) is 2.40. The Bertz CT molecular complexity index is 590. The summed E-state index contributed by atoms with van der Waals surface area (Å²) in [6, 6.07) is 0. The zero-order chi connectivity index (χ0) is 13.3. The molecule has 0 aliphatic carbocycles. The minimum absolute atomic E-state index is 0.227. The van der Waals surface area contributed by atoms with Crippen LogP contribution in [0.15, 0.2) is 17.0 Å². The Balaban J connectivity index is 2.24. The summed E-state index contributed by atoms with van der Waals surface area (Å²) in [5, 5.41) is 6.89. The number of rotatable bonds is 2. The van der Waals surface area contributed by atoms with Crippen LogP contribution in [-0.2, 0) is 7.05 Å². The van der Waals surface area contributed by atoms with Gasteiger partial charge in [-0.05, 0) is 29.8 Å². The van der Waals surface area contributed by atoms with Crippen LogP contribution in [0.5, 0.6) is 0 Å². The van der Waals surface area contributed by atoms with E-state index in [1.54, 1.807) is 18.7 Å². The van der Waals surface area contributed by atoms with Gasteiger partial charge in [0.15, 0.2) is 5.82 Å². The van der Waals surface area contributed by atoms with Crippen LogP contribution in [0.4, 0.5) is 5.82 Å². The van der Waals surface area contributed by atoms with E-state index in [-0.39, 0.29) is 5.91 Å². The van der Waals surface area contributed by atoms with Gasteiger partial charge in [0.05, 0.1) is 23.7 Å². The molecule has 0 aromatic carbocycles. The number of nitrogens with one attached hydrogen (secondary N) is 1. The first-order valence-corrected chi connectivity index (χ1v) is 6.07. The summed E-state index contributed by atoms with van der Waals surface area (Å²) in [4.78, 5) is 20.1. The molecule has 7 heteroatoms. The molecule has 18 heavy (non-hydrogen) atoms. The van der Waals surface area contributed by atoms with Gasteiger partial charge in [-0.2, -0.15) is 5.10 Å². The number of anilines is 1. The van der Waals surface area contributed by atoms with E-state index in [4.69, 9.17) is 0 Å². The van der Waals surface area contributed by atoms with Gasteiger partial charge in [0, 0.05) is 12.7 Å². The number of carbonyl (C=O) groups is 1. The van der Waals surface area contributed by atoms with Crippen molar-refractivity contribution in [1.29, 1.82) is 0 Å². The van der Waals surface area contributed by atoms with Crippen LogP contribution in [0.25, 0.3) is 0 Å². The van der Waals surface area contributed by atoms with Crippen molar-refractivity contribution in [3.05, 3.63) is 33.9 Å². The van der Waals surface area contributed by atoms with Gasteiger partial charge in [0.1, 0.15) is 4.60 Å². The first-order valence-electron chi connectivity index (χ1n) is 5.28. The molecule has 0 radical (unpaired) electrons. The Hall–Kier alpha value is -1.76. The molecule has 0 spiro atoms. The Morgan fingerprint density at radius 1 is 1.33 bits per heavy atom. The Kier molecular flexibility index (Phi) is 3.42. The number of nitrogens with zero attached hydrogens (tertiary/aromatic N) is 4. The topological polar surface area (TPSA) is 72.7 Å². The number of aryl methyl sites for hydroxylation is 2. The number of hydrogen-bond donors (Lipinski definition) is 1. The first kappa shape index (κ1) is 12.7. The Labute approximate surface area is 113 Å². The molecule has 6 nitrogen and oxygen atoms in total. The molecule has 0 unspecified atom stereocenters. The van der Waals surface area contributed by atoms with Crippen LogP contribution < -0.4 is 5.32 Å². The van der Waals surface area contributed by atoms with Crippen molar-refractivity contribution in [3.8, 4) is 0 Å². The standard InChI is InChI=1S/C11H12BrN5O/c1-6-10(7(2)17(3)16-6)11(18)15-9-5-13-8(12)4-14-9/h4-5H,1-3H3,(H,14,15,18). The zero-order valence-electron chi connectivity index (χ0n) is 10.2. The van der Waals surface area contributed by atoms with Gasteiger partial charge in [0.25, 0.3) is 5.91 Å². The van der Waals surface area contributed by atoms with E-state index < -0.39 is 0 Å². The number of aromatic nitrogens is 4. The molecule has 2 rings (SSSR count). The SMILES string of the molecule is Cc1nn(C)c(C)c1C(=O)Nc1cnc(Br)cn1. The molecule has 0 atom stereocenters. The van der Waals surface area contributed by atoms with Crippen LogP contribution in [0.3, 0.4) is 0 Å². The molecular weight excluding hydrogens is 298 g/mol. The van der Waals surface area contributed by atoms with Crippen molar-refractivity contribution >= 4 is 27.7 Å². The molecule has 0 aliphatic rings. The highest BCUT2D eigenvalue weighted by molar-refractivity contribution is 9.10. The molecule has 2 aromatic rings. The van der Waals surface area contributed by atoms with E-state index in [2.05, 4.69) is 36.3 Å². The van der Waals surface area contributed by atoms with Crippen molar-refractivity contribution in [3.63, 3.8) is 0 Å². The summed E-state index contributed by atoms with van der Waals surface area (Å²) in [7, 11) is 1.80. The van der Waals surface area contributed by atoms with Crippen molar-refractivity contribution in [2.75, 3.05) is 5.32 Å². The molecule has 2 heterocycles. The quantitative estimate of drug-likeness (QED) is 0.918. The monoisotopic (exact) mass is 309 g/mol. The van der Waals surface area contributed by atoms with Gasteiger partial charge >= 0.3 is 0 Å². The Morgan fingerprint density at radius 3 is 2.56 bits per heavy atom. The van der Waals surface area contributed by atoms with Crippen LogP contribution in [0.1, 0.15) is 21.7 Å². The second-order valence-corrected chi connectivity index (χ2v) is 4.66. The lowest BCUT2D eigenvalue weighted by atomic mass is 10.2. The highest BCUT2D eigenvalue weighted by Crippen LogP contribution is 2.14. The number of amides is 1. The van der Waals surface area contributed by atoms with Crippen LogP contribution in [0.2, 0.25) is 0 Å². The Morgan fingerprint density at radius 2 is 2.06 bits per heavy atom. The van der Waals surface area contributed by atoms with Gasteiger partial charge in [-0.15, -0.1) is 0 Å². The smallest absolute Gasteiger partial charge is 0.260 e. The minimum Gasteiger partial charge on any atom is -0.305 e. The van der Waals surface area contributed by atoms with Gasteiger partial charge in [-0.25, -0.2) is 9.97 Å². The second kappa shape index (κ2) is 4.85. The molecule has 0 bridgehead atoms. The van der Waals surface area contributed by atoms with Crippen LogP contribution in [0, 0.1) is 13.8 Å². The van der Waals surface area contributed by atoms with Gasteiger partial charge in [-0.1, -0.05) is 0 Å². The van der Waals surface area contributed by atoms with Crippen LogP contribution in [-0.4, -0.2) is 25.7 Å². The average molecular weight is 310 g/mol. The van der Waals surface area contributed by atoms with E-state index in [1.165, 1.54) is 12.4 Å². The lowest BCUT2D eigenvalue weighted by Crippen LogP contribution is -2.15. The van der Waals surface area contributed by atoms with E-state index in [9.17, 15) is 4.79 Å². The molecule has 0 aliphatic heterocycles. The van der Waals surface area contributed by atoms with E-state index in [0.29, 0.717) is 21.7 Å². The molecular formula is C11H12BrN5O. The fraction of sp³-hybridized carbons (Fsp3) is 0.273. The lowest BCUT2D eigenvalue weighted by molar-refractivity contribution is 0.102. The third-order valence-corrected chi connectivity index (χ3v) is 3.01. The van der Waals surface area contributed by atoms with E-state index in [0.717, 1.165) is 5.69 Å². The lowest BCUT2D eigenvalue weighted by Gasteiger charge is -2.04. The zero-order valence-corrected chi connectivity index (χ0v) is 11.8. The maximum atomic E-state index is 12.1. The van der Waals surface area contributed by atoms with Crippen molar-refractivity contribution in [1.82, 2.24) is 19.7 Å². The summed E-state index contributed by atoms with van der Waals surface area (Å²) in [5.41, 5.74) is 2.08. The third-order valence-electron chi connectivity index (χ3n) is 2.60. The van der Waals surface area contributed by atoms with Crippen molar-refractivity contribution in [2.45, 2.75) is 13.8 Å². The van der Waals surface area contributed by atoms with Crippen molar-refractivity contribution < 1.29 is 4.79 Å². The summed E-state index contributed by atoms with van der Waals surface area (Å²) in [6.45, 7) is 3.65. The number of halogens is 1. The second-order valence-electron chi connectivity index (χ2n) is 3.85. The largest absolute Gasteiger partial charge is 0.305 e. The number of carbonyl (C=O) groups excluding carboxylic acids is 1. The molecule has 1 amide bonds.